The normalized spacial score (nSPS) is 23.2. The molecule has 2 aromatic rings. The molecule has 0 saturated carbocycles. The predicted octanol–water partition coefficient (Wildman–Crippen LogP) is 2.63. The van der Waals surface area contributed by atoms with Crippen LogP contribution >= 0.6 is 0 Å². The molecule has 0 bridgehead atoms. The van der Waals surface area contributed by atoms with Gasteiger partial charge in [0.1, 0.15) is 5.58 Å². The van der Waals surface area contributed by atoms with E-state index in [2.05, 4.69) is 6.92 Å². The molecule has 1 fully saturated rings. The third kappa shape index (κ3) is 2.31. The summed E-state index contributed by atoms with van der Waals surface area (Å²) in [4.78, 5) is 14.5. The number of para-hydroxylation sites is 1. The Labute approximate surface area is 118 Å². The molecule has 0 aliphatic carbocycles. The Morgan fingerprint density at radius 1 is 1.45 bits per heavy atom. The van der Waals surface area contributed by atoms with E-state index in [-0.39, 0.29) is 11.9 Å². The van der Waals surface area contributed by atoms with E-state index in [1.54, 1.807) is 0 Å². The van der Waals surface area contributed by atoms with Crippen molar-refractivity contribution in [1.82, 2.24) is 4.90 Å². The molecule has 2 N–H and O–H groups in total. The highest BCUT2D eigenvalue weighted by Crippen LogP contribution is 2.26. The van der Waals surface area contributed by atoms with Crippen molar-refractivity contribution in [3.05, 3.63) is 36.1 Å². The van der Waals surface area contributed by atoms with Gasteiger partial charge in [0.15, 0.2) is 5.76 Å². The highest BCUT2D eigenvalue weighted by atomic mass is 16.3. The van der Waals surface area contributed by atoms with E-state index >= 15 is 0 Å². The zero-order valence-electron chi connectivity index (χ0n) is 11.7. The Kier molecular flexibility index (Phi) is 3.49. The molecule has 1 aliphatic rings. The molecule has 106 valence electrons. The molecule has 4 nitrogen and oxygen atoms in total. The molecule has 0 spiro atoms. The van der Waals surface area contributed by atoms with Gasteiger partial charge in [0.25, 0.3) is 5.91 Å². The first-order valence-corrected chi connectivity index (χ1v) is 7.18. The lowest BCUT2D eigenvalue weighted by Crippen LogP contribution is -2.49. The number of hydrogen-bond donors (Lipinski definition) is 1. The maximum absolute atomic E-state index is 12.6. The highest BCUT2D eigenvalue weighted by Gasteiger charge is 2.31. The maximum Gasteiger partial charge on any atom is 0.289 e. The van der Waals surface area contributed by atoms with Crippen LogP contribution in [0.4, 0.5) is 0 Å². The van der Waals surface area contributed by atoms with Gasteiger partial charge < -0.3 is 15.1 Å². The number of likely N-dealkylation sites (tertiary alicyclic amines) is 1. The first-order chi connectivity index (χ1) is 9.69. The van der Waals surface area contributed by atoms with Gasteiger partial charge >= 0.3 is 0 Å². The zero-order chi connectivity index (χ0) is 14.1. The fourth-order valence-electron chi connectivity index (χ4n) is 2.97. The summed E-state index contributed by atoms with van der Waals surface area (Å²) in [6, 6.07) is 9.63. The molecule has 2 heterocycles. The number of amides is 1. The average Bonchev–Trinajstić information content (AvgIpc) is 2.90. The SMILES string of the molecule is CC1CCN(C(=O)c2cc3ccccc3o2)C(CN)C1. The summed E-state index contributed by atoms with van der Waals surface area (Å²) in [6.07, 6.45) is 2.00. The maximum atomic E-state index is 12.6. The largest absolute Gasteiger partial charge is 0.451 e. The summed E-state index contributed by atoms with van der Waals surface area (Å²) < 4.78 is 5.67. The molecule has 20 heavy (non-hydrogen) atoms. The lowest BCUT2D eigenvalue weighted by Gasteiger charge is -2.37. The second-order valence-corrected chi connectivity index (χ2v) is 5.67. The van der Waals surface area contributed by atoms with Crippen molar-refractivity contribution in [3.8, 4) is 0 Å². The van der Waals surface area contributed by atoms with Crippen molar-refractivity contribution < 1.29 is 9.21 Å². The van der Waals surface area contributed by atoms with Gasteiger partial charge in [-0.15, -0.1) is 0 Å². The second kappa shape index (κ2) is 5.29. The highest BCUT2D eigenvalue weighted by molar-refractivity contribution is 5.96. The van der Waals surface area contributed by atoms with Crippen LogP contribution in [0.3, 0.4) is 0 Å². The lowest BCUT2D eigenvalue weighted by atomic mass is 9.92. The summed E-state index contributed by atoms with van der Waals surface area (Å²) in [7, 11) is 0. The minimum Gasteiger partial charge on any atom is -0.451 e. The number of carbonyl (C=O) groups excluding carboxylic acids is 1. The molecule has 3 rings (SSSR count). The van der Waals surface area contributed by atoms with E-state index in [1.807, 2.05) is 35.2 Å². The van der Waals surface area contributed by atoms with Crippen LogP contribution in [0.25, 0.3) is 11.0 Å². The average molecular weight is 272 g/mol. The Morgan fingerprint density at radius 2 is 2.25 bits per heavy atom. The van der Waals surface area contributed by atoms with Gasteiger partial charge in [0.2, 0.25) is 0 Å². The second-order valence-electron chi connectivity index (χ2n) is 5.67. The van der Waals surface area contributed by atoms with E-state index in [9.17, 15) is 4.79 Å². The van der Waals surface area contributed by atoms with E-state index < -0.39 is 0 Å². The number of nitrogens with two attached hydrogens (primary N) is 1. The van der Waals surface area contributed by atoms with E-state index in [0.717, 1.165) is 30.4 Å². The third-order valence-electron chi connectivity index (χ3n) is 4.15. The van der Waals surface area contributed by atoms with E-state index in [1.165, 1.54) is 0 Å². The van der Waals surface area contributed by atoms with Gasteiger partial charge in [-0.2, -0.15) is 0 Å². The predicted molar refractivity (Wildman–Crippen MR) is 78.5 cm³/mol. The van der Waals surface area contributed by atoms with Gasteiger partial charge in [0.05, 0.1) is 0 Å². The van der Waals surface area contributed by atoms with Crippen LogP contribution in [0.2, 0.25) is 0 Å². The molecule has 2 atom stereocenters. The molecule has 1 saturated heterocycles. The fraction of sp³-hybridized carbons (Fsp3) is 0.438. The number of fused-ring (bicyclic) bond motifs is 1. The smallest absolute Gasteiger partial charge is 0.289 e. The summed E-state index contributed by atoms with van der Waals surface area (Å²) in [6.45, 7) is 3.49. The minimum absolute atomic E-state index is 0.0384. The first-order valence-electron chi connectivity index (χ1n) is 7.18. The van der Waals surface area contributed by atoms with Gasteiger partial charge in [-0.1, -0.05) is 25.1 Å². The Morgan fingerprint density at radius 3 is 3.00 bits per heavy atom. The first kappa shape index (κ1) is 13.2. The van der Waals surface area contributed by atoms with E-state index in [4.69, 9.17) is 10.2 Å². The van der Waals surface area contributed by atoms with Crippen LogP contribution in [0.15, 0.2) is 34.7 Å². The molecule has 1 aromatic heterocycles. The molecule has 4 heteroatoms. The van der Waals surface area contributed by atoms with Crippen LogP contribution in [-0.4, -0.2) is 29.9 Å². The molecule has 2 unspecified atom stereocenters. The summed E-state index contributed by atoms with van der Waals surface area (Å²) >= 11 is 0. The Balaban J connectivity index is 1.87. The van der Waals surface area contributed by atoms with Crippen molar-refractivity contribution in [2.75, 3.05) is 13.1 Å². The van der Waals surface area contributed by atoms with Crippen molar-refractivity contribution in [3.63, 3.8) is 0 Å². The molecule has 1 aromatic carbocycles. The minimum atomic E-state index is -0.0384. The number of piperidine rings is 1. The van der Waals surface area contributed by atoms with Crippen LogP contribution in [0.1, 0.15) is 30.3 Å². The topological polar surface area (TPSA) is 59.5 Å². The molecular weight excluding hydrogens is 252 g/mol. The number of benzene rings is 1. The molecule has 1 amide bonds. The van der Waals surface area contributed by atoms with Gasteiger partial charge in [-0.25, -0.2) is 0 Å². The van der Waals surface area contributed by atoms with Crippen LogP contribution in [-0.2, 0) is 0 Å². The number of nitrogens with zero attached hydrogens (tertiary/aromatic N) is 1. The monoisotopic (exact) mass is 272 g/mol. The number of carbonyl (C=O) groups is 1. The zero-order valence-corrected chi connectivity index (χ0v) is 11.7. The Bertz CT molecular complexity index is 587. The van der Waals surface area contributed by atoms with Crippen LogP contribution in [0, 0.1) is 5.92 Å². The Hall–Kier alpha value is -1.81. The van der Waals surface area contributed by atoms with E-state index in [0.29, 0.717) is 18.2 Å². The standard InChI is InChI=1S/C16H20N2O2/c1-11-6-7-18(13(8-11)10-17)16(19)15-9-12-4-2-3-5-14(12)20-15/h2-5,9,11,13H,6-8,10,17H2,1H3. The third-order valence-corrected chi connectivity index (χ3v) is 4.15. The quantitative estimate of drug-likeness (QED) is 0.914. The van der Waals surface area contributed by atoms with Crippen LogP contribution in [0.5, 0.6) is 0 Å². The van der Waals surface area contributed by atoms with Gasteiger partial charge in [-0.05, 0) is 30.9 Å². The van der Waals surface area contributed by atoms with Crippen molar-refractivity contribution >= 4 is 16.9 Å². The van der Waals surface area contributed by atoms with Gasteiger partial charge in [-0.3, -0.25) is 4.79 Å². The lowest BCUT2D eigenvalue weighted by molar-refractivity contribution is 0.0544. The molecular formula is C16H20N2O2. The van der Waals surface area contributed by atoms with Crippen LogP contribution < -0.4 is 5.73 Å². The summed E-state index contributed by atoms with van der Waals surface area (Å²) in [5, 5.41) is 0.963. The molecule has 0 radical (unpaired) electrons. The molecule has 1 aliphatic heterocycles. The summed E-state index contributed by atoms with van der Waals surface area (Å²) in [5.74, 6) is 1.01. The number of furan rings is 1. The number of hydrogen-bond acceptors (Lipinski definition) is 3. The van der Waals surface area contributed by atoms with Crippen molar-refractivity contribution in [1.29, 1.82) is 0 Å². The van der Waals surface area contributed by atoms with Gasteiger partial charge in [0, 0.05) is 24.5 Å². The summed E-state index contributed by atoms with van der Waals surface area (Å²) in [5.41, 5.74) is 6.58. The van der Waals surface area contributed by atoms with Crippen molar-refractivity contribution in [2.45, 2.75) is 25.8 Å². The fourth-order valence-corrected chi connectivity index (χ4v) is 2.97. The number of rotatable bonds is 2. The van der Waals surface area contributed by atoms with Crippen molar-refractivity contribution in [2.24, 2.45) is 11.7 Å².